The number of carbonyl (C=O) groups excluding carboxylic acids is 2. The van der Waals surface area contributed by atoms with Gasteiger partial charge in [0.25, 0.3) is 0 Å². The topological polar surface area (TPSA) is 68.3 Å². The highest BCUT2D eigenvalue weighted by molar-refractivity contribution is 7.91. The smallest absolute Gasteiger partial charge is 0.208 e. The molecular formula is C38H24Cl2O4S. The van der Waals surface area contributed by atoms with Gasteiger partial charge in [-0.15, -0.1) is 0 Å². The number of carbonyl (C=O) groups is 2. The fourth-order valence-corrected chi connectivity index (χ4v) is 7.10. The molecule has 6 rings (SSSR count). The van der Waals surface area contributed by atoms with E-state index < -0.39 is 21.4 Å². The maximum absolute atomic E-state index is 14.3. The number of halogens is 2. The fraction of sp³-hybridized carbons (Fsp3) is 0. The van der Waals surface area contributed by atoms with Gasteiger partial charge >= 0.3 is 0 Å². The van der Waals surface area contributed by atoms with Gasteiger partial charge in [0, 0.05) is 32.3 Å². The van der Waals surface area contributed by atoms with Crippen LogP contribution in [0.25, 0.3) is 22.3 Å². The third-order valence-electron chi connectivity index (χ3n) is 7.46. The molecule has 0 unspecified atom stereocenters. The molecular weight excluding hydrogens is 623 g/mol. The normalized spacial score (nSPS) is 11.2. The zero-order valence-electron chi connectivity index (χ0n) is 23.7. The third-order valence-corrected chi connectivity index (χ3v) is 9.80. The van der Waals surface area contributed by atoms with Gasteiger partial charge in [-0.1, -0.05) is 132 Å². The second-order valence-electron chi connectivity index (χ2n) is 10.3. The number of hydrogen-bond donors (Lipinski definition) is 0. The van der Waals surface area contributed by atoms with E-state index in [0.29, 0.717) is 11.1 Å². The first-order valence-electron chi connectivity index (χ1n) is 14.0. The van der Waals surface area contributed by atoms with Crippen LogP contribution in [0.15, 0.2) is 155 Å². The van der Waals surface area contributed by atoms with E-state index in [1.165, 1.54) is 36.4 Å². The molecule has 45 heavy (non-hydrogen) atoms. The Morgan fingerprint density at radius 3 is 1.11 bits per heavy atom. The molecule has 0 aromatic heterocycles. The lowest BCUT2D eigenvalue weighted by molar-refractivity contribution is 0.102. The van der Waals surface area contributed by atoms with Crippen molar-refractivity contribution in [1.82, 2.24) is 0 Å². The minimum absolute atomic E-state index is 0.101. The Labute approximate surface area is 271 Å². The molecule has 0 aliphatic rings. The summed E-state index contributed by atoms with van der Waals surface area (Å²) in [6.07, 6.45) is 0. The molecule has 0 saturated carbocycles. The van der Waals surface area contributed by atoms with Crippen molar-refractivity contribution in [3.05, 3.63) is 178 Å². The first-order valence-corrected chi connectivity index (χ1v) is 16.2. The SMILES string of the molecule is O=C(c1ccc(-c2ccccc2)cc1)c1cc(Cl)ccc1S(=O)(=O)c1ccc(Cl)cc1C(=O)c1ccc(-c2ccccc2)cc1. The second kappa shape index (κ2) is 12.7. The van der Waals surface area contributed by atoms with Crippen molar-refractivity contribution in [1.29, 1.82) is 0 Å². The Balaban J connectivity index is 1.38. The van der Waals surface area contributed by atoms with Crippen molar-refractivity contribution >= 4 is 44.6 Å². The van der Waals surface area contributed by atoms with Crippen LogP contribution >= 0.6 is 23.2 Å². The molecule has 6 aromatic carbocycles. The maximum Gasteiger partial charge on any atom is 0.208 e. The molecule has 0 aliphatic carbocycles. The molecule has 4 nitrogen and oxygen atoms in total. The summed E-state index contributed by atoms with van der Waals surface area (Å²) in [4.78, 5) is 27.0. The lowest BCUT2D eigenvalue weighted by Crippen LogP contribution is -2.15. The van der Waals surface area contributed by atoms with Gasteiger partial charge in [-0.3, -0.25) is 9.59 Å². The lowest BCUT2D eigenvalue weighted by atomic mass is 9.99. The molecule has 0 fully saturated rings. The summed E-state index contributed by atoms with van der Waals surface area (Å²) >= 11 is 12.5. The van der Waals surface area contributed by atoms with E-state index in [4.69, 9.17) is 23.2 Å². The average molecular weight is 648 g/mol. The van der Waals surface area contributed by atoms with Gasteiger partial charge < -0.3 is 0 Å². The van der Waals surface area contributed by atoms with Gasteiger partial charge in [0.05, 0.1) is 9.79 Å². The highest BCUT2D eigenvalue weighted by Gasteiger charge is 2.30. The third kappa shape index (κ3) is 6.24. The quantitative estimate of drug-likeness (QED) is 0.154. The Hall–Kier alpha value is -4.81. The highest BCUT2D eigenvalue weighted by atomic mass is 35.5. The van der Waals surface area contributed by atoms with Crippen LogP contribution in [-0.2, 0) is 9.84 Å². The van der Waals surface area contributed by atoms with Crippen molar-refractivity contribution in [2.24, 2.45) is 0 Å². The summed E-state index contributed by atoms with van der Waals surface area (Å²) in [5, 5.41) is 0.397. The molecule has 6 aromatic rings. The van der Waals surface area contributed by atoms with Crippen molar-refractivity contribution in [2.45, 2.75) is 9.79 Å². The van der Waals surface area contributed by atoms with E-state index in [2.05, 4.69) is 0 Å². The molecule has 0 bridgehead atoms. The van der Waals surface area contributed by atoms with Crippen molar-refractivity contribution < 1.29 is 18.0 Å². The second-order valence-corrected chi connectivity index (χ2v) is 13.1. The summed E-state index contributed by atoms with van der Waals surface area (Å²) in [6, 6.07) is 41.3. The Morgan fingerprint density at radius 1 is 0.422 bits per heavy atom. The summed E-state index contributed by atoms with van der Waals surface area (Å²) in [5.74, 6) is -1.04. The van der Waals surface area contributed by atoms with Crippen LogP contribution in [0, 0.1) is 0 Å². The molecule has 0 radical (unpaired) electrons. The number of rotatable bonds is 8. The van der Waals surface area contributed by atoms with Crippen LogP contribution < -0.4 is 0 Å². The monoisotopic (exact) mass is 646 g/mol. The first-order chi connectivity index (χ1) is 21.7. The average Bonchev–Trinajstić information content (AvgIpc) is 3.08. The van der Waals surface area contributed by atoms with Gasteiger partial charge in [0.15, 0.2) is 11.6 Å². The predicted molar refractivity (Wildman–Crippen MR) is 179 cm³/mol. The van der Waals surface area contributed by atoms with Crippen molar-refractivity contribution in [3.8, 4) is 22.3 Å². The van der Waals surface area contributed by atoms with Gasteiger partial charge in [0.1, 0.15) is 0 Å². The van der Waals surface area contributed by atoms with Crippen molar-refractivity contribution in [3.63, 3.8) is 0 Å². The van der Waals surface area contributed by atoms with Crippen LogP contribution in [0.4, 0.5) is 0 Å². The van der Waals surface area contributed by atoms with Crippen LogP contribution in [0.5, 0.6) is 0 Å². The minimum atomic E-state index is -4.40. The maximum atomic E-state index is 14.3. The molecule has 0 amide bonds. The van der Waals surface area contributed by atoms with Gasteiger partial charge in [0.2, 0.25) is 9.84 Å². The predicted octanol–water partition coefficient (Wildman–Crippen LogP) is 9.62. The van der Waals surface area contributed by atoms with E-state index in [9.17, 15) is 18.0 Å². The van der Waals surface area contributed by atoms with E-state index in [1.54, 1.807) is 48.5 Å². The van der Waals surface area contributed by atoms with Crippen LogP contribution in [0.3, 0.4) is 0 Å². The van der Waals surface area contributed by atoms with E-state index in [-0.39, 0.29) is 31.0 Å². The van der Waals surface area contributed by atoms with Crippen LogP contribution in [-0.4, -0.2) is 20.0 Å². The minimum Gasteiger partial charge on any atom is -0.289 e. The summed E-state index contributed by atoms with van der Waals surface area (Å²) in [7, 11) is -4.40. The van der Waals surface area contributed by atoms with Crippen LogP contribution in [0.2, 0.25) is 10.0 Å². The lowest BCUT2D eigenvalue weighted by Gasteiger charge is -2.14. The first kappa shape index (κ1) is 30.2. The van der Waals surface area contributed by atoms with Gasteiger partial charge in [-0.2, -0.15) is 0 Å². The van der Waals surface area contributed by atoms with E-state index in [0.717, 1.165) is 22.3 Å². The summed E-state index contributed by atoms with van der Waals surface area (Å²) in [6.45, 7) is 0. The summed E-state index contributed by atoms with van der Waals surface area (Å²) in [5.41, 5.74) is 4.17. The number of benzene rings is 6. The molecule has 7 heteroatoms. The van der Waals surface area contributed by atoms with Crippen LogP contribution in [0.1, 0.15) is 31.8 Å². The summed E-state index contributed by atoms with van der Waals surface area (Å²) < 4.78 is 28.5. The fourth-order valence-electron chi connectivity index (χ4n) is 5.15. The Morgan fingerprint density at radius 2 is 0.756 bits per heavy atom. The van der Waals surface area contributed by atoms with Gasteiger partial charge in [-0.25, -0.2) is 8.42 Å². The number of hydrogen-bond acceptors (Lipinski definition) is 4. The Kier molecular flexibility index (Phi) is 8.50. The van der Waals surface area contributed by atoms with Crippen molar-refractivity contribution in [2.75, 3.05) is 0 Å². The highest BCUT2D eigenvalue weighted by Crippen LogP contribution is 2.33. The van der Waals surface area contributed by atoms with Gasteiger partial charge in [-0.05, 0) is 58.7 Å². The molecule has 0 atom stereocenters. The molecule has 0 saturated heterocycles. The molecule has 220 valence electrons. The molecule has 0 aliphatic heterocycles. The number of ketones is 2. The van der Waals surface area contributed by atoms with E-state index >= 15 is 0 Å². The largest absolute Gasteiger partial charge is 0.289 e. The standard InChI is InChI=1S/C38H24Cl2O4S/c39-31-19-21-35(33(23-31)37(41)29-15-11-27(12-16-29)25-7-3-1-4-8-25)45(43,44)36-22-20-32(40)24-34(36)38(42)30-17-13-28(14-18-30)26-9-5-2-6-10-26/h1-24H. The molecule has 0 spiro atoms. The molecule has 0 heterocycles. The zero-order valence-corrected chi connectivity index (χ0v) is 26.0. The van der Waals surface area contributed by atoms with E-state index in [1.807, 2.05) is 60.7 Å². The number of sulfone groups is 1. The Bertz CT molecular complexity index is 1990. The zero-order chi connectivity index (χ0) is 31.6. The molecule has 0 N–H and O–H groups in total.